The molecule has 0 radical (unpaired) electrons. The first-order valence-electron chi connectivity index (χ1n) is 7.76. The molecule has 0 bridgehead atoms. The van der Waals surface area contributed by atoms with Crippen LogP contribution in [-0.4, -0.2) is 17.0 Å². The Balaban J connectivity index is 2.12. The molecule has 118 valence electrons. The van der Waals surface area contributed by atoms with Crippen LogP contribution in [0.15, 0.2) is 65.6 Å². The summed E-state index contributed by atoms with van der Waals surface area (Å²) in [4.78, 5) is 25.3. The molecule has 4 rings (SSSR count). The minimum absolute atomic E-state index is 0.248. The van der Waals surface area contributed by atoms with E-state index in [0.717, 1.165) is 22.0 Å². The number of esters is 1. The number of rotatable bonds is 3. The Labute approximate surface area is 137 Å². The quantitative estimate of drug-likeness (QED) is 0.430. The third-order valence-corrected chi connectivity index (χ3v) is 4.04. The second-order valence-electron chi connectivity index (χ2n) is 5.49. The maximum atomic E-state index is 13.0. The van der Waals surface area contributed by atoms with E-state index in [1.807, 2.05) is 48.5 Å². The number of ether oxygens (including phenoxy) is 1. The van der Waals surface area contributed by atoms with Gasteiger partial charge in [0.05, 0.1) is 12.0 Å². The summed E-state index contributed by atoms with van der Waals surface area (Å²) in [6.45, 7) is 2.00. The van der Waals surface area contributed by atoms with Crippen molar-refractivity contribution < 1.29 is 14.1 Å². The monoisotopic (exact) mass is 319 g/mol. The molecule has 0 amide bonds. The first kappa shape index (κ1) is 14.4. The number of aromatic nitrogens is 2. The molecule has 0 atom stereocenters. The van der Waals surface area contributed by atoms with Crippen molar-refractivity contribution in [1.29, 1.82) is 0 Å². The first-order chi connectivity index (χ1) is 11.7. The van der Waals surface area contributed by atoms with E-state index in [9.17, 15) is 9.59 Å². The maximum absolute atomic E-state index is 13.0. The normalized spacial score (nSPS) is 11.2. The fourth-order valence-corrected chi connectivity index (χ4v) is 3.02. The molecule has 0 aliphatic heterocycles. The van der Waals surface area contributed by atoms with Gasteiger partial charge >= 0.3 is 11.7 Å². The van der Waals surface area contributed by atoms with Gasteiger partial charge in [0.25, 0.3) is 0 Å². The number of para-hydroxylation sites is 2. The van der Waals surface area contributed by atoms with Crippen molar-refractivity contribution >= 4 is 22.3 Å². The molecular formula is C19H15N2O3+. The van der Waals surface area contributed by atoms with E-state index in [1.54, 1.807) is 23.8 Å². The zero-order chi connectivity index (χ0) is 16.7. The molecular weight excluding hydrogens is 304 g/mol. The highest BCUT2D eigenvalue weighted by Gasteiger charge is 2.26. The Bertz CT molecular complexity index is 1100. The average molecular weight is 319 g/mol. The summed E-state index contributed by atoms with van der Waals surface area (Å²) in [5.41, 5.74) is 1.43. The summed E-state index contributed by atoms with van der Waals surface area (Å²) < 4.78 is 8.10. The van der Waals surface area contributed by atoms with Crippen LogP contribution in [0.2, 0.25) is 0 Å². The number of nitrogens with zero attached hydrogens (tertiary/aromatic N) is 2. The highest BCUT2D eigenvalue weighted by atomic mass is 16.5. The van der Waals surface area contributed by atoms with Crippen molar-refractivity contribution in [2.45, 2.75) is 6.92 Å². The van der Waals surface area contributed by atoms with Crippen molar-refractivity contribution in [2.24, 2.45) is 0 Å². The summed E-state index contributed by atoms with van der Waals surface area (Å²) >= 11 is 0. The predicted molar refractivity (Wildman–Crippen MR) is 89.8 cm³/mol. The van der Waals surface area contributed by atoms with Gasteiger partial charge in [0.2, 0.25) is 5.69 Å². The lowest BCUT2D eigenvalue weighted by molar-refractivity contribution is -0.614. The average Bonchev–Trinajstić information content (AvgIpc) is 3.00. The number of carbonyl (C=O) groups excluding carboxylic acids is 1. The van der Waals surface area contributed by atoms with Crippen LogP contribution < -0.4 is 10.3 Å². The zero-order valence-electron chi connectivity index (χ0n) is 13.1. The fourth-order valence-electron chi connectivity index (χ4n) is 3.02. The maximum Gasteiger partial charge on any atom is 0.509 e. The van der Waals surface area contributed by atoms with Gasteiger partial charge in [0, 0.05) is 11.5 Å². The van der Waals surface area contributed by atoms with Gasteiger partial charge in [-0.25, -0.2) is 4.79 Å². The summed E-state index contributed by atoms with van der Waals surface area (Å²) in [6.07, 6.45) is 1.80. The third kappa shape index (κ3) is 2.06. The van der Waals surface area contributed by atoms with E-state index in [2.05, 4.69) is 0 Å². The van der Waals surface area contributed by atoms with Crippen molar-refractivity contribution in [2.75, 3.05) is 6.61 Å². The molecule has 0 aliphatic carbocycles. The molecule has 2 aromatic heterocycles. The Morgan fingerprint density at radius 2 is 1.83 bits per heavy atom. The Hall–Kier alpha value is -3.21. The van der Waals surface area contributed by atoms with Gasteiger partial charge < -0.3 is 4.74 Å². The number of carbonyl (C=O) groups is 1. The highest BCUT2D eigenvalue weighted by Crippen LogP contribution is 2.23. The Morgan fingerprint density at radius 3 is 2.58 bits per heavy atom. The van der Waals surface area contributed by atoms with Crippen LogP contribution in [0.25, 0.3) is 22.0 Å². The molecule has 0 fully saturated rings. The lowest BCUT2D eigenvalue weighted by Gasteiger charge is -2.02. The summed E-state index contributed by atoms with van der Waals surface area (Å²) in [5.74, 6) is -0.497. The van der Waals surface area contributed by atoms with Crippen LogP contribution >= 0.6 is 0 Å². The number of benzene rings is 2. The van der Waals surface area contributed by atoms with E-state index < -0.39 is 5.97 Å². The molecule has 0 saturated carbocycles. The topological polar surface area (TPSA) is 51.7 Å². The molecule has 4 aromatic rings. The van der Waals surface area contributed by atoms with E-state index in [4.69, 9.17) is 4.74 Å². The molecule has 0 spiro atoms. The van der Waals surface area contributed by atoms with Gasteiger partial charge in [-0.1, -0.05) is 30.3 Å². The van der Waals surface area contributed by atoms with Crippen LogP contribution in [0.4, 0.5) is 0 Å². The van der Waals surface area contributed by atoms with Crippen molar-refractivity contribution in [1.82, 2.24) is 4.40 Å². The first-order valence-corrected chi connectivity index (χ1v) is 7.76. The lowest BCUT2D eigenvalue weighted by atomic mass is 10.2. The molecule has 5 nitrogen and oxygen atoms in total. The number of hydrogen-bond acceptors (Lipinski definition) is 3. The van der Waals surface area contributed by atoms with Gasteiger partial charge in [-0.3, -0.25) is 0 Å². The fraction of sp³-hybridized carbons (Fsp3) is 0.105. The molecule has 0 N–H and O–H groups in total. The van der Waals surface area contributed by atoms with Crippen molar-refractivity contribution in [3.05, 3.63) is 77.0 Å². The summed E-state index contributed by atoms with van der Waals surface area (Å²) in [6, 6.07) is 16.8. The Kier molecular flexibility index (Phi) is 3.27. The second kappa shape index (κ2) is 5.45. The summed E-state index contributed by atoms with van der Waals surface area (Å²) in [5, 5.41) is 1.72. The predicted octanol–water partition coefficient (Wildman–Crippen LogP) is 2.34. The third-order valence-electron chi connectivity index (χ3n) is 4.04. The van der Waals surface area contributed by atoms with Crippen LogP contribution in [0, 0.1) is 0 Å². The van der Waals surface area contributed by atoms with Gasteiger partial charge in [0.15, 0.2) is 5.52 Å². The number of hydrogen-bond donors (Lipinski definition) is 0. The molecule has 2 heterocycles. The zero-order valence-corrected chi connectivity index (χ0v) is 13.1. The van der Waals surface area contributed by atoms with Crippen molar-refractivity contribution in [3.63, 3.8) is 0 Å². The van der Waals surface area contributed by atoms with Crippen LogP contribution in [0.3, 0.4) is 0 Å². The smallest absolute Gasteiger partial charge is 0.460 e. The standard InChI is InChI=1S/C19H15N2O3/c1-2-24-18(22)16-11-13-7-6-8-14-12-20(15-9-4-3-5-10-15)19(23)21(16)17(13)14/h3-12H,2H2,1H3/q+1. The molecule has 2 aromatic carbocycles. The summed E-state index contributed by atoms with van der Waals surface area (Å²) in [7, 11) is 0. The van der Waals surface area contributed by atoms with Crippen LogP contribution in [-0.2, 0) is 4.74 Å². The molecule has 0 unspecified atom stereocenters. The molecule has 0 aliphatic rings. The van der Waals surface area contributed by atoms with Crippen LogP contribution in [0.1, 0.15) is 17.4 Å². The molecule has 24 heavy (non-hydrogen) atoms. The molecule has 0 saturated heterocycles. The Morgan fingerprint density at radius 1 is 1.08 bits per heavy atom. The van der Waals surface area contributed by atoms with Crippen molar-refractivity contribution in [3.8, 4) is 5.69 Å². The van der Waals surface area contributed by atoms with E-state index in [0.29, 0.717) is 0 Å². The van der Waals surface area contributed by atoms with E-state index in [1.165, 1.54) is 4.40 Å². The lowest BCUT2D eigenvalue weighted by Crippen LogP contribution is -2.51. The van der Waals surface area contributed by atoms with Gasteiger partial charge in [0.1, 0.15) is 11.9 Å². The minimum atomic E-state index is -0.497. The molecule has 5 heteroatoms. The SMILES string of the molecule is CCOC(=O)c1cc2cccc3c[n+](-c4ccccc4)c(=O)n1c23. The van der Waals surface area contributed by atoms with E-state index >= 15 is 0 Å². The van der Waals surface area contributed by atoms with Gasteiger partial charge in [-0.05, 0) is 25.1 Å². The van der Waals surface area contributed by atoms with Crippen LogP contribution in [0.5, 0.6) is 0 Å². The minimum Gasteiger partial charge on any atom is -0.460 e. The largest absolute Gasteiger partial charge is 0.509 e. The van der Waals surface area contributed by atoms with E-state index in [-0.39, 0.29) is 18.0 Å². The van der Waals surface area contributed by atoms with Gasteiger partial charge in [-0.2, -0.15) is 9.36 Å². The van der Waals surface area contributed by atoms with Gasteiger partial charge in [-0.15, -0.1) is 4.40 Å². The second-order valence-corrected chi connectivity index (χ2v) is 5.49. The highest BCUT2D eigenvalue weighted by molar-refractivity contribution is 6.01.